The molecular weight excluding hydrogens is 281 g/mol. The van der Waals surface area contributed by atoms with Gasteiger partial charge in [-0.2, -0.15) is 13.2 Å². The van der Waals surface area contributed by atoms with Gasteiger partial charge in [-0.15, -0.1) is 0 Å². The molecule has 0 aliphatic heterocycles. The minimum atomic E-state index is -4.36. The Balaban J connectivity index is 2.05. The maximum atomic E-state index is 12.7. The summed E-state index contributed by atoms with van der Waals surface area (Å²) in [4.78, 5) is 12.1. The average Bonchev–Trinajstić information content (AvgIpc) is 3.18. The first-order valence-electron chi connectivity index (χ1n) is 6.83. The van der Waals surface area contributed by atoms with Crippen LogP contribution >= 0.6 is 0 Å². The Labute approximate surface area is 121 Å². The molecule has 0 aromatic heterocycles. The Hall–Kier alpha value is -1.56. The lowest BCUT2D eigenvalue weighted by molar-refractivity contribution is -0.137. The first kappa shape index (κ1) is 15.8. The summed E-state index contributed by atoms with van der Waals surface area (Å²) in [6.07, 6.45) is -3.78. The predicted molar refractivity (Wildman–Crippen MR) is 73.6 cm³/mol. The molecule has 3 N–H and O–H groups in total. The Morgan fingerprint density at radius 1 is 1.38 bits per heavy atom. The molecule has 21 heavy (non-hydrogen) atoms. The van der Waals surface area contributed by atoms with E-state index in [4.69, 9.17) is 5.73 Å². The topological polar surface area (TPSA) is 55.1 Å². The predicted octanol–water partition coefficient (Wildman–Crippen LogP) is 2.66. The van der Waals surface area contributed by atoms with E-state index in [0.29, 0.717) is 18.5 Å². The summed E-state index contributed by atoms with van der Waals surface area (Å²) in [5.74, 6) is -0.548. The van der Waals surface area contributed by atoms with Crippen molar-refractivity contribution in [3.63, 3.8) is 0 Å². The van der Waals surface area contributed by atoms with E-state index >= 15 is 0 Å². The maximum Gasteiger partial charge on any atom is 0.416 e. The number of carbonyl (C=O) groups is 1. The second-order valence-corrected chi connectivity index (χ2v) is 6.15. The highest BCUT2D eigenvalue weighted by atomic mass is 19.4. The number of hydrogen-bond acceptors (Lipinski definition) is 2. The lowest BCUT2D eigenvalue weighted by Gasteiger charge is -2.24. The minimum Gasteiger partial charge on any atom is -0.350 e. The molecule has 116 valence electrons. The number of nitrogens with one attached hydrogen (secondary N) is 1. The van der Waals surface area contributed by atoms with Gasteiger partial charge in [0.2, 0.25) is 5.91 Å². The second-order valence-electron chi connectivity index (χ2n) is 6.15. The number of benzene rings is 1. The number of hydrogen-bond donors (Lipinski definition) is 2. The second kappa shape index (κ2) is 5.33. The molecule has 0 radical (unpaired) electrons. The van der Waals surface area contributed by atoms with Crippen molar-refractivity contribution in [2.75, 3.05) is 6.54 Å². The van der Waals surface area contributed by atoms with Crippen LogP contribution in [-0.4, -0.2) is 18.0 Å². The molecule has 1 saturated carbocycles. The number of rotatable bonds is 4. The van der Waals surface area contributed by atoms with E-state index < -0.39 is 17.3 Å². The van der Waals surface area contributed by atoms with Crippen LogP contribution in [0, 0.1) is 5.92 Å². The van der Waals surface area contributed by atoms with Gasteiger partial charge in [0.1, 0.15) is 0 Å². The standard InChI is InChI=1S/C15H19F3N2O/c1-14(2,8-19)20-13(21)12-7-11(12)9-4-3-5-10(6-9)15(16,17)18/h3-6,11-12H,7-8,19H2,1-2H3,(H,20,21). The van der Waals surface area contributed by atoms with Crippen LogP contribution in [0.5, 0.6) is 0 Å². The van der Waals surface area contributed by atoms with Crippen molar-refractivity contribution in [2.45, 2.75) is 37.9 Å². The third-order valence-corrected chi connectivity index (χ3v) is 3.74. The maximum absolute atomic E-state index is 12.7. The van der Waals surface area contributed by atoms with Gasteiger partial charge in [-0.25, -0.2) is 0 Å². The van der Waals surface area contributed by atoms with Crippen molar-refractivity contribution in [3.05, 3.63) is 35.4 Å². The van der Waals surface area contributed by atoms with E-state index in [-0.39, 0.29) is 17.7 Å². The number of nitrogens with two attached hydrogens (primary N) is 1. The first-order chi connectivity index (χ1) is 9.64. The van der Waals surface area contributed by atoms with Crippen LogP contribution in [0.2, 0.25) is 0 Å². The third kappa shape index (κ3) is 3.75. The molecule has 0 heterocycles. The molecule has 1 aromatic carbocycles. The zero-order chi connectivity index (χ0) is 15.8. The van der Waals surface area contributed by atoms with Gasteiger partial charge in [0, 0.05) is 18.0 Å². The Bertz CT molecular complexity index is 540. The number of amides is 1. The highest BCUT2D eigenvalue weighted by molar-refractivity contribution is 5.83. The fourth-order valence-corrected chi connectivity index (χ4v) is 2.28. The zero-order valence-corrected chi connectivity index (χ0v) is 12.0. The molecule has 3 nitrogen and oxygen atoms in total. The minimum absolute atomic E-state index is 0.138. The largest absolute Gasteiger partial charge is 0.416 e. The van der Waals surface area contributed by atoms with Crippen molar-refractivity contribution in [1.29, 1.82) is 0 Å². The molecule has 0 bridgehead atoms. The molecule has 2 unspecified atom stereocenters. The molecule has 6 heteroatoms. The van der Waals surface area contributed by atoms with Gasteiger partial charge in [0.25, 0.3) is 0 Å². The molecule has 1 aliphatic rings. The number of carbonyl (C=O) groups excluding carboxylic acids is 1. The lowest BCUT2D eigenvalue weighted by atomic mass is 10.0. The summed E-state index contributed by atoms with van der Waals surface area (Å²) in [6.45, 7) is 3.93. The molecule has 2 rings (SSSR count). The van der Waals surface area contributed by atoms with E-state index in [1.807, 2.05) is 13.8 Å². The van der Waals surface area contributed by atoms with Crippen LogP contribution in [-0.2, 0) is 11.0 Å². The van der Waals surface area contributed by atoms with Crippen molar-refractivity contribution in [2.24, 2.45) is 11.7 Å². The van der Waals surface area contributed by atoms with Crippen LogP contribution in [0.3, 0.4) is 0 Å². The van der Waals surface area contributed by atoms with Crippen LogP contribution in [0.1, 0.15) is 37.3 Å². The smallest absolute Gasteiger partial charge is 0.350 e. The molecule has 1 aromatic rings. The molecule has 2 atom stereocenters. The van der Waals surface area contributed by atoms with Gasteiger partial charge < -0.3 is 11.1 Å². The van der Waals surface area contributed by atoms with Crippen molar-refractivity contribution in [3.8, 4) is 0 Å². The van der Waals surface area contributed by atoms with Gasteiger partial charge in [-0.3, -0.25) is 4.79 Å². The highest BCUT2D eigenvalue weighted by Gasteiger charge is 2.45. The van der Waals surface area contributed by atoms with Crippen molar-refractivity contribution < 1.29 is 18.0 Å². The average molecular weight is 300 g/mol. The van der Waals surface area contributed by atoms with Crippen LogP contribution in [0.15, 0.2) is 24.3 Å². The molecule has 0 spiro atoms. The normalized spacial score (nSPS) is 22.0. The highest BCUT2D eigenvalue weighted by Crippen LogP contribution is 2.48. The quantitative estimate of drug-likeness (QED) is 0.898. The Morgan fingerprint density at radius 3 is 2.62 bits per heavy atom. The van der Waals surface area contributed by atoms with E-state index in [2.05, 4.69) is 5.32 Å². The van der Waals surface area contributed by atoms with Crippen molar-refractivity contribution >= 4 is 5.91 Å². The van der Waals surface area contributed by atoms with Crippen LogP contribution in [0.4, 0.5) is 13.2 Å². The van der Waals surface area contributed by atoms with Gasteiger partial charge >= 0.3 is 6.18 Å². The van der Waals surface area contributed by atoms with E-state index in [0.717, 1.165) is 12.1 Å². The van der Waals surface area contributed by atoms with E-state index in [1.54, 1.807) is 6.07 Å². The summed E-state index contributed by atoms with van der Waals surface area (Å²) in [5.41, 5.74) is 4.94. The first-order valence-corrected chi connectivity index (χ1v) is 6.83. The lowest BCUT2D eigenvalue weighted by Crippen LogP contribution is -2.49. The third-order valence-electron chi connectivity index (χ3n) is 3.74. The Kier molecular flexibility index (Phi) is 4.02. The zero-order valence-electron chi connectivity index (χ0n) is 12.0. The van der Waals surface area contributed by atoms with Crippen molar-refractivity contribution in [1.82, 2.24) is 5.32 Å². The molecule has 1 amide bonds. The fourth-order valence-electron chi connectivity index (χ4n) is 2.28. The molecular formula is C15H19F3N2O. The monoisotopic (exact) mass is 300 g/mol. The summed E-state index contributed by atoms with van der Waals surface area (Å²) in [7, 11) is 0. The van der Waals surface area contributed by atoms with Gasteiger partial charge in [0.15, 0.2) is 0 Å². The van der Waals surface area contributed by atoms with Crippen LogP contribution < -0.4 is 11.1 Å². The number of halogens is 3. The van der Waals surface area contributed by atoms with Gasteiger partial charge in [0.05, 0.1) is 5.56 Å². The summed E-state index contributed by atoms with van der Waals surface area (Å²) in [6, 6.07) is 5.20. The fraction of sp³-hybridized carbons (Fsp3) is 0.533. The van der Waals surface area contributed by atoms with Gasteiger partial charge in [-0.05, 0) is 37.8 Å². The van der Waals surface area contributed by atoms with Gasteiger partial charge in [-0.1, -0.05) is 18.2 Å². The molecule has 1 aliphatic carbocycles. The molecule has 1 fully saturated rings. The van der Waals surface area contributed by atoms with E-state index in [9.17, 15) is 18.0 Å². The van der Waals surface area contributed by atoms with E-state index in [1.165, 1.54) is 6.07 Å². The molecule has 0 saturated heterocycles. The van der Waals surface area contributed by atoms with Crippen LogP contribution in [0.25, 0.3) is 0 Å². The Morgan fingerprint density at radius 2 is 2.05 bits per heavy atom. The summed E-state index contributed by atoms with van der Waals surface area (Å²) >= 11 is 0. The summed E-state index contributed by atoms with van der Waals surface area (Å²) < 4.78 is 38.0. The SMILES string of the molecule is CC(C)(CN)NC(=O)C1CC1c1cccc(C(F)(F)F)c1. The number of alkyl halides is 3. The summed E-state index contributed by atoms with van der Waals surface area (Å²) in [5, 5.41) is 2.83.